The molecular formula is C13H28N4O2. The summed E-state index contributed by atoms with van der Waals surface area (Å²) in [7, 11) is 1.81. The van der Waals surface area contributed by atoms with Crippen molar-refractivity contribution in [2.75, 3.05) is 33.5 Å². The van der Waals surface area contributed by atoms with Crippen molar-refractivity contribution in [1.82, 2.24) is 15.6 Å². The van der Waals surface area contributed by atoms with E-state index in [1.165, 1.54) is 0 Å². The molecule has 19 heavy (non-hydrogen) atoms. The van der Waals surface area contributed by atoms with Crippen LogP contribution >= 0.6 is 0 Å². The van der Waals surface area contributed by atoms with Gasteiger partial charge in [-0.2, -0.15) is 0 Å². The zero-order valence-corrected chi connectivity index (χ0v) is 12.2. The number of hydrazine groups is 1. The maximum Gasteiger partial charge on any atom is 0.220 e. The lowest BCUT2D eigenvalue weighted by Gasteiger charge is -2.22. The number of hydrogen-bond donors (Lipinski definition) is 3. The van der Waals surface area contributed by atoms with Gasteiger partial charge in [0.1, 0.15) is 0 Å². The first-order valence-corrected chi connectivity index (χ1v) is 7.11. The molecule has 1 rings (SSSR count). The largest absolute Gasteiger partial charge is 0.381 e. The summed E-state index contributed by atoms with van der Waals surface area (Å²) >= 11 is 0. The second kappa shape index (κ2) is 9.25. The van der Waals surface area contributed by atoms with Crippen LogP contribution in [-0.2, 0) is 9.53 Å². The van der Waals surface area contributed by atoms with E-state index in [1.54, 1.807) is 12.1 Å². The lowest BCUT2D eigenvalue weighted by atomic mass is 10.0. The fraction of sp³-hybridized carbons (Fsp3) is 0.923. The number of rotatable bonds is 8. The SMILES string of the molecule is CC(CCC(=O)NCC1CCOCC1)NCN(C)N. The first-order chi connectivity index (χ1) is 9.08. The van der Waals surface area contributed by atoms with Gasteiger partial charge in [-0.05, 0) is 32.1 Å². The molecular weight excluding hydrogens is 244 g/mol. The summed E-state index contributed by atoms with van der Waals surface area (Å²) in [6.07, 6.45) is 3.50. The van der Waals surface area contributed by atoms with Crippen LogP contribution in [0.25, 0.3) is 0 Å². The topological polar surface area (TPSA) is 79.6 Å². The number of ether oxygens (including phenoxy) is 1. The van der Waals surface area contributed by atoms with E-state index in [0.717, 1.165) is 39.0 Å². The van der Waals surface area contributed by atoms with Crippen molar-refractivity contribution in [3.05, 3.63) is 0 Å². The summed E-state index contributed by atoms with van der Waals surface area (Å²) in [6, 6.07) is 0.292. The zero-order chi connectivity index (χ0) is 14.1. The molecule has 1 saturated heterocycles. The minimum absolute atomic E-state index is 0.140. The number of amides is 1. The molecule has 0 aromatic rings. The van der Waals surface area contributed by atoms with E-state index in [1.807, 2.05) is 0 Å². The molecule has 0 aromatic heterocycles. The Morgan fingerprint density at radius 3 is 2.79 bits per heavy atom. The van der Waals surface area contributed by atoms with Gasteiger partial charge in [-0.25, -0.2) is 5.01 Å². The van der Waals surface area contributed by atoms with Gasteiger partial charge in [0.25, 0.3) is 0 Å². The van der Waals surface area contributed by atoms with Crippen LogP contribution in [0.15, 0.2) is 0 Å². The third kappa shape index (κ3) is 8.15. The Balaban J connectivity index is 2.03. The lowest BCUT2D eigenvalue weighted by molar-refractivity contribution is -0.121. The van der Waals surface area contributed by atoms with Crippen LogP contribution in [0.4, 0.5) is 0 Å². The van der Waals surface area contributed by atoms with Crippen LogP contribution in [0.3, 0.4) is 0 Å². The Morgan fingerprint density at radius 1 is 1.47 bits per heavy atom. The Kier molecular flexibility index (Phi) is 7.97. The Bertz CT molecular complexity index is 255. The molecule has 6 nitrogen and oxygen atoms in total. The molecule has 1 aliphatic heterocycles. The lowest BCUT2D eigenvalue weighted by Crippen LogP contribution is -2.40. The van der Waals surface area contributed by atoms with E-state index >= 15 is 0 Å². The third-order valence-corrected chi connectivity index (χ3v) is 3.42. The summed E-state index contributed by atoms with van der Waals surface area (Å²) in [5.74, 6) is 6.23. The minimum Gasteiger partial charge on any atom is -0.381 e. The van der Waals surface area contributed by atoms with Crippen LogP contribution in [-0.4, -0.2) is 50.4 Å². The quantitative estimate of drug-likeness (QED) is 0.330. The molecule has 0 bridgehead atoms. The van der Waals surface area contributed by atoms with Crippen LogP contribution < -0.4 is 16.5 Å². The molecule has 0 spiro atoms. The summed E-state index contributed by atoms with van der Waals surface area (Å²) in [5, 5.41) is 7.85. The average Bonchev–Trinajstić information content (AvgIpc) is 2.41. The highest BCUT2D eigenvalue weighted by Gasteiger charge is 2.14. The molecule has 1 atom stereocenters. The van der Waals surface area contributed by atoms with Gasteiger partial charge < -0.3 is 15.4 Å². The molecule has 0 saturated carbocycles. The number of carbonyl (C=O) groups excluding carboxylic acids is 1. The molecule has 0 aliphatic carbocycles. The van der Waals surface area contributed by atoms with Crippen LogP contribution in [0, 0.1) is 5.92 Å². The van der Waals surface area contributed by atoms with E-state index in [9.17, 15) is 4.79 Å². The fourth-order valence-electron chi connectivity index (χ4n) is 2.05. The molecule has 6 heteroatoms. The highest BCUT2D eigenvalue weighted by Crippen LogP contribution is 2.13. The molecule has 1 aliphatic rings. The standard InChI is InChI=1S/C13H28N4O2/c1-11(16-10-17(2)14)3-4-13(18)15-9-12-5-7-19-8-6-12/h11-12,16H,3-10,14H2,1-2H3,(H,15,18). The second-order valence-electron chi connectivity index (χ2n) is 5.42. The summed E-state index contributed by atoms with van der Waals surface area (Å²) in [6.45, 7) is 5.14. The average molecular weight is 272 g/mol. The number of nitrogens with two attached hydrogens (primary N) is 1. The number of hydrogen-bond acceptors (Lipinski definition) is 5. The molecule has 1 fully saturated rings. The highest BCUT2D eigenvalue weighted by atomic mass is 16.5. The molecule has 112 valence electrons. The minimum atomic E-state index is 0.140. The van der Waals surface area contributed by atoms with Gasteiger partial charge >= 0.3 is 0 Å². The predicted octanol–water partition coefficient (Wildman–Crippen LogP) is 0.0505. The van der Waals surface area contributed by atoms with E-state index in [0.29, 0.717) is 25.0 Å². The molecule has 0 aromatic carbocycles. The smallest absolute Gasteiger partial charge is 0.220 e. The van der Waals surface area contributed by atoms with Crippen molar-refractivity contribution < 1.29 is 9.53 Å². The van der Waals surface area contributed by atoms with Crippen LogP contribution in [0.5, 0.6) is 0 Å². The van der Waals surface area contributed by atoms with Gasteiger partial charge in [-0.1, -0.05) is 0 Å². The van der Waals surface area contributed by atoms with Crippen molar-refractivity contribution in [2.24, 2.45) is 11.8 Å². The van der Waals surface area contributed by atoms with Gasteiger partial charge in [-0.3, -0.25) is 10.6 Å². The van der Waals surface area contributed by atoms with E-state index in [-0.39, 0.29) is 5.91 Å². The van der Waals surface area contributed by atoms with Crippen molar-refractivity contribution in [3.63, 3.8) is 0 Å². The maximum atomic E-state index is 11.7. The van der Waals surface area contributed by atoms with Gasteiger partial charge in [0.2, 0.25) is 5.91 Å². The summed E-state index contributed by atoms with van der Waals surface area (Å²) in [5.41, 5.74) is 0. The van der Waals surface area contributed by atoms with E-state index in [4.69, 9.17) is 10.6 Å². The Labute approximate surface area is 116 Å². The van der Waals surface area contributed by atoms with Gasteiger partial charge in [0.05, 0.1) is 6.67 Å². The molecule has 1 amide bonds. The Hall–Kier alpha value is -0.690. The predicted molar refractivity (Wildman–Crippen MR) is 75.2 cm³/mol. The van der Waals surface area contributed by atoms with Crippen molar-refractivity contribution in [2.45, 2.75) is 38.6 Å². The third-order valence-electron chi connectivity index (χ3n) is 3.42. The molecule has 4 N–H and O–H groups in total. The normalized spacial score (nSPS) is 18.5. The van der Waals surface area contributed by atoms with Crippen LogP contribution in [0.1, 0.15) is 32.6 Å². The van der Waals surface area contributed by atoms with Crippen LogP contribution in [0.2, 0.25) is 0 Å². The molecule has 1 unspecified atom stereocenters. The van der Waals surface area contributed by atoms with E-state index in [2.05, 4.69) is 17.6 Å². The fourth-order valence-corrected chi connectivity index (χ4v) is 2.05. The zero-order valence-electron chi connectivity index (χ0n) is 12.2. The summed E-state index contributed by atoms with van der Waals surface area (Å²) < 4.78 is 5.30. The maximum absolute atomic E-state index is 11.7. The second-order valence-corrected chi connectivity index (χ2v) is 5.42. The van der Waals surface area contributed by atoms with Gasteiger partial charge in [-0.15, -0.1) is 0 Å². The summed E-state index contributed by atoms with van der Waals surface area (Å²) in [4.78, 5) is 11.7. The van der Waals surface area contributed by atoms with Gasteiger partial charge in [0, 0.05) is 39.3 Å². The van der Waals surface area contributed by atoms with Crippen molar-refractivity contribution in [3.8, 4) is 0 Å². The van der Waals surface area contributed by atoms with Gasteiger partial charge in [0.15, 0.2) is 0 Å². The molecule has 0 radical (unpaired) electrons. The Morgan fingerprint density at radius 2 is 2.16 bits per heavy atom. The van der Waals surface area contributed by atoms with Crippen molar-refractivity contribution >= 4 is 5.91 Å². The highest BCUT2D eigenvalue weighted by molar-refractivity contribution is 5.75. The number of nitrogens with zero attached hydrogens (tertiary/aromatic N) is 1. The monoisotopic (exact) mass is 272 g/mol. The van der Waals surface area contributed by atoms with E-state index < -0.39 is 0 Å². The molecule has 1 heterocycles. The number of carbonyl (C=O) groups is 1. The first-order valence-electron chi connectivity index (χ1n) is 7.11. The first kappa shape index (κ1) is 16.4. The number of nitrogens with one attached hydrogen (secondary N) is 2. The van der Waals surface area contributed by atoms with Crippen molar-refractivity contribution in [1.29, 1.82) is 0 Å².